The van der Waals surface area contributed by atoms with Gasteiger partial charge in [0.2, 0.25) is 0 Å². The summed E-state index contributed by atoms with van der Waals surface area (Å²) in [4.78, 5) is 0. The fourth-order valence-electron chi connectivity index (χ4n) is 1.03. The SMILES string of the molecule is C1CNCCN1.COS(=O)(=O)O.Oc1ccccc1. The Kier molecular flexibility index (Phi) is 10.0. The van der Waals surface area contributed by atoms with E-state index in [4.69, 9.17) is 9.66 Å². The van der Waals surface area contributed by atoms with Crippen molar-refractivity contribution in [1.29, 1.82) is 0 Å². The summed E-state index contributed by atoms with van der Waals surface area (Å²) in [6, 6.07) is 8.71. The van der Waals surface area contributed by atoms with Crippen LogP contribution in [0.4, 0.5) is 0 Å². The van der Waals surface area contributed by atoms with Crippen molar-refractivity contribution >= 4 is 10.4 Å². The van der Waals surface area contributed by atoms with Crippen LogP contribution in [0.3, 0.4) is 0 Å². The molecule has 0 unspecified atom stereocenters. The minimum absolute atomic E-state index is 0.322. The fraction of sp³-hybridized carbons (Fsp3) is 0.455. The molecule has 1 saturated heterocycles. The predicted octanol–water partition coefficient (Wildman–Crippen LogP) is 0.00700. The van der Waals surface area contributed by atoms with Gasteiger partial charge in [-0.15, -0.1) is 0 Å². The summed E-state index contributed by atoms with van der Waals surface area (Å²) < 4.78 is 29.7. The van der Waals surface area contributed by atoms with Gasteiger partial charge in [0.25, 0.3) is 0 Å². The second-order valence-corrected chi connectivity index (χ2v) is 4.62. The van der Waals surface area contributed by atoms with E-state index in [-0.39, 0.29) is 0 Å². The quantitative estimate of drug-likeness (QED) is 0.540. The van der Waals surface area contributed by atoms with Crippen molar-refractivity contribution in [3.63, 3.8) is 0 Å². The van der Waals surface area contributed by atoms with E-state index in [2.05, 4.69) is 14.8 Å². The van der Waals surface area contributed by atoms with Crippen LogP contribution >= 0.6 is 0 Å². The van der Waals surface area contributed by atoms with Crippen molar-refractivity contribution in [2.45, 2.75) is 0 Å². The Balaban J connectivity index is 0.000000257. The Morgan fingerprint density at radius 2 is 1.42 bits per heavy atom. The van der Waals surface area contributed by atoms with Crippen LogP contribution in [-0.4, -0.2) is 51.4 Å². The summed E-state index contributed by atoms with van der Waals surface area (Å²) in [7, 11) is -3.29. The first kappa shape index (κ1) is 17.8. The summed E-state index contributed by atoms with van der Waals surface area (Å²) in [5, 5.41) is 15.1. The van der Waals surface area contributed by atoms with Crippen molar-refractivity contribution in [3.8, 4) is 5.75 Å². The molecular weight excluding hydrogens is 272 g/mol. The topological polar surface area (TPSA) is 108 Å². The van der Waals surface area contributed by atoms with E-state index in [0.717, 1.165) is 33.3 Å². The summed E-state index contributed by atoms with van der Waals surface area (Å²) in [6.45, 7) is 4.56. The fourth-order valence-corrected chi connectivity index (χ4v) is 1.03. The van der Waals surface area contributed by atoms with Gasteiger partial charge in [-0.3, -0.25) is 8.74 Å². The normalized spacial score (nSPS) is 14.4. The number of benzene rings is 1. The lowest BCUT2D eigenvalue weighted by Crippen LogP contribution is -2.39. The highest BCUT2D eigenvalue weighted by Gasteiger charge is 1.94. The molecule has 0 bridgehead atoms. The van der Waals surface area contributed by atoms with Crippen molar-refractivity contribution in [3.05, 3.63) is 30.3 Å². The molecule has 0 amide bonds. The molecule has 0 atom stereocenters. The second kappa shape index (κ2) is 10.7. The van der Waals surface area contributed by atoms with E-state index in [9.17, 15) is 8.42 Å². The Morgan fingerprint density at radius 3 is 1.58 bits per heavy atom. The zero-order chi connectivity index (χ0) is 14.6. The third-order valence-corrected chi connectivity index (χ3v) is 2.35. The number of aromatic hydroxyl groups is 1. The minimum atomic E-state index is -4.16. The third kappa shape index (κ3) is 14.8. The molecule has 1 aliphatic heterocycles. The number of phenolic OH excluding ortho intramolecular Hbond substituents is 1. The summed E-state index contributed by atoms with van der Waals surface area (Å²) in [5.74, 6) is 0.322. The van der Waals surface area contributed by atoms with Crippen molar-refractivity contribution < 1.29 is 22.3 Å². The Hall–Kier alpha value is -1.19. The molecule has 8 heteroatoms. The molecule has 1 heterocycles. The first-order valence-corrected chi connectivity index (χ1v) is 7.00. The molecule has 7 nitrogen and oxygen atoms in total. The molecule has 0 spiro atoms. The molecule has 1 fully saturated rings. The largest absolute Gasteiger partial charge is 0.508 e. The Labute approximate surface area is 113 Å². The minimum Gasteiger partial charge on any atom is -0.508 e. The van der Waals surface area contributed by atoms with Crippen molar-refractivity contribution in [2.24, 2.45) is 0 Å². The monoisotopic (exact) mass is 292 g/mol. The number of rotatable bonds is 1. The van der Waals surface area contributed by atoms with Crippen LogP contribution in [0.15, 0.2) is 30.3 Å². The average molecular weight is 292 g/mol. The maximum atomic E-state index is 9.33. The second-order valence-electron chi connectivity index (χ2n) is 3.43. The maximum absolute atomic E-state index is 9.33. The average Bonchev–Trinajstić information content (AvgIpc) is 2.42. The Bertz CT molecular complexity index is 395. The lowest BCUT2D eigenvalue weighted by Gasteiger charge is -2.11. The number of para-hydroxylation sites is 1. The number of phenols is 1. The summed E-state index contributed by atoms with van der Waals surface area (Å²) in [6.07, 6.45) is 0. The molecule has 1 aliphatic rings. The van der Waals surface area contributed by atoms with E-state index in [1.165, 1.54) is 0 Å². The van der Waals surface area contributed by atoms with Crippen LogP contribution in [0, 0.1) is 0 Å². The highest BCUT2D eigenvalue weighted by molar-refractivity contribution is 7.80. The van der Waals surface area contributed by atoms with Gasteiger partial charge in [0, 0.05) is 26.2 Å². The predicted molar refractivity (Wildman–Crippen MR) is 72.4 cm³/mol. The standard InChI is InChI=1S/C6H6O.C4H10N2.CH4O4S/c7-6-4-2-1-3-5-6;1-2-6-4-3-5-1;1-5-6(2,3)4/h1-5,7H;5-6H,1-4H2;1H3,(H,2,3,4). The smallest absolute Gasteiger partial charge is 0.397 e. The first-order valence-electron chi connectivity index (χ1n) is 5.64. The van der Waals surface area contributed by atoms with E-state index in [1.54, 1.807) is 24.3 Å². The molecule has 2 rings (SSSR count). The zero-order valence-electron chi connectivity index (χ0n) is 10.7. The molecule has 0 radical (unpaired) electrons. The van der Waals surface area contributed by atoms with Crippen LogP contribution in [0.25, 0.3) is 0 Å². The number of nitrogens with one attached hydrogen (secondary N) is 2. The van der Waals surface area contributed by atoms with Crippen LogP contribution in [-0.2, 0) is 14.6 Å². The highest BCUT2D eigenvalue weighted by atomic mass is 32.3. The molecule has 1 aromatic carbocycles. The van der Waals surface area contributed by atoms with Gasteiger partial charge in [-0.1, -0.05) is 18.2 Å². The molecule has 19 heavy (non-hydrogen) atoms. The summed E-state index contributed by atoms with van der Waals surface area (Å²) >= 11 is 0. The van der Waals surface area contributed by atoms with Crippen LogP contribution in [0.1, 0.15) is 0 Å². The van der Waals surface area contributed by atoms with E-state index >= 15 is 0 Å². The lowest BCUT2D eigenvalue weighted by atomic mass is 10.3. The molecule has 0 aliphatic carbocycles. The van der Waals surface area contributed by atoms with Gasteiger partial charge in [-0.25, -0.2) is 0 Å². The lowest BCUT2D eigenvalue weighted by molar-refractivity contribution is 0.324. The molecular formula is C11H20N2O5S. The summed E-state index contributed by atoms with van der Waals surface area (Å²) in [5.41, 5.74) is 0. The van der Waals surface area contributed by atoms with Crippen molar-refractivity contribution in [2.75, 3.05) is 33.3 Å². The van der Waals surface area contributed by atoms with Crippen LogP contribution in [0.2, 0.25) is 0 Å². The molecule has 4 N–H and O–H groups in total. The van der Waals surface area contributed by atoms with E-state index in [1.807, 2.05) is 6.07 Å². The molecule has 0 aromatic heterocycles. The maximum Gasteiger partial charge on any atom is 0.397 e. The number of piperazine rings is 1. The molecule has 110 valence electrons. The van der Waals surface area contributed by atoms with Gasteiger partial charge < -0.3 is 15.7 Å². The van der Waals surface area contributed by atoms with Gasteiger partial charge in [-0.2, -0.15) is 8.42 Å². The van der Waals surface area contributed by atoms with Gasteiger partial charge in [-0.05, 0) is 12.1 Å². The number of hydrogen-bond acceptors (Lipinski definition) is 6. The van der Waals surface area contributed by atoms with Gasteiger partial charge in [0.15, 0.2) is 0 Å². The van der Waals surface area contributed by atoms with E-state index < -0.39 is 10.4 Å². The zero-order valence-corrected chi connectivity index (χ0v) is 11.6. The number of hydrogen-bond donors (Lipinski definition) is 4. The van der Waals surface area contributed by atoms with E-state index in [0.29, 0.717) is 5.75 Å². The van der Waals surface area contributed by atoms with Gasteiger partial charge in [0.1, 0.15) is 5.75 Å². The van der Waals surface area contributed by atoms with Gasteiger partial charge >= 0.3 is 10.4 Å². The van der Waals surface area contributed by atoms with Gasteiger partial charge in [0.05, 0.1) is 7.11 Å². The Morgan fingerprint density at radius 1 is 1.05 bits per heavy atom. The molecule has 0 saturated carbocycles. The van der Waals surface area contributed by atoms with Crippen molar-refractivity contribution in [1.82, 2.24) is 10.6 Å². The highest BCUT2D eigenvalue weighted by Crippen LogP contribution is 2.02. The van der Waals surface area contributed by atoms with Crippen LogP contribution in [0.5, 0.6) is 5.75 Å². The first-order chi connectivity index (χ1) is 8.95. The van der Waals surface area contributed by atoms with Crippen LogP contribution < -0.4 is 10.6 Å². The third-order valence-electron chi connectivity index (χ3n) is 1.92. The molecule has 1 aromatic rings.